The zero-order chi connectivity index (χ0) is 17.5. The molecule has 0 aromatic heterocycles. The van der Waals surface area contributed by atoms with Gasteiger partial charge in [-0.3, -0.25) is 4.79 Å². The highest BCUT2D eigenvalue weighted by Crippen LogP contribution is 2.33. The van der Waals surface area contributed by atoms with Crippen LogP contribution in [0.4, 0.5) is 0 Å². The molecule has 3 nitrogen and oxygen atoms in total. The number of rotatable bonds is 6. The molecule has 0 saturated carbocycles. The Morgan fingerprint density at radius 3 is 1.68 bits per heavy atom. The van der Waals surface area contributed by atoms with Crippen molar-refractivity contribution >= 4 is 5.97 Å². The quantitative estimate of drug-likeness (QED) is 0.693. The van der Waals surface area contributed by atoms with E-state index < -0.39 is 11.6 Å². The monoisotopic (exact) mass is 332 g/mol. The van der Waals surface area contributed by atoms with E-state index in [2.05, 4.69) is 0 Å². The number of aliphatic hydroxyl groups is 1. The van der Waals surface area contributed by atoms with Gasteiger partial charge < -0.3 is 9.84 Å². The van der Waals surface area contributed by atoms with Crippen molar-refractivity contribution < 1.29 is 14.6 Å². The molecule has 0 bridgehead atoms. The van der Waals surface area contributed by atoms with Gasteiger partial charge in [-0.1, -0.05) is 91.0 Å². The molecule has 3 rings (SSSR count). The molecule has 0 atom stereocenters. The maximum absolute atomic E-state index is 12.4. The number of hydrogen-bond acceptors (Lipinski definition) is 3. The van der Waals surface area contributed by atoms with Crippen LogP contribution >= 0.6 is 0 Å². The first-order chi connectivity index (χ1) is 12.2. The van der Waals surface area contributed by atoms with E-state index >= 15 is 0 Å². The average Bonchev–Trinajstić information content (AvgIpc) is 2.68. The molecule has 3 aromatic carbocycles. The van der Waals surface area contributed by atoms with Gasteiger partial charge in [-0.2, -0.15) is 0 Å². The van der Waals surface area contributed by atoms with Crippen LogP contribution in [0.15, 0.2) is 91.0 Å². The van der Waals surface area contributed by atoms with Gasteiger partial charge in [-0.05, 0) is 16.7 Å². The largest absolute Gasteiger partial charge is 0.461 e. The average molecular weight is 332 g/mol. The summed E-state index contributed by atoms with van der Waals surface area (Å²) in [5.74, 6) is -0.445. The van der Waals surface area contributed by atoms with Crippen molar-refractivity contribution in [3.63, 3.8) is 0 Å². The van der Waals surface area contributed by atoms with Gasteiger partial charge in [-0.15, -0.1) is 0 Å². The van der Waals surface area contributed by atoms with E-state index in [1.54, 1.807) is 0 Å². The van der Waals surface area contributed by atoms with E-state index in [4.69, 9.17) is 4.74 Å². The van der Waals surface area contributed by atoms with E-state index in [-0.39, 0.29) is 13.0 Å². The van der Waals surface area contributed by atoms with Gasteiger partial charge in [0.15, 0.2) is 0 Å². The molecule has 0 amide bonds. The minimum Gasteiger partial charge on any atom is -0.461 e. The molecular formula is C22H20O3. The highest BCUT2D eigenvalue weighted by Gasteiger charge is 2.34. The number of carbonyl (C=O) groups is 1. The van der Waals surface area contributed by atoms with Crippen molar-refractivity contribution in [1.82, 2.24) is 0 Å². The molecule has 25 heavy (non-hydrogen) atoms. The first kappa shape index (κ1) is 16.9. The standard InChI is InChI=1S/C22H20O3/c23-21(25-17-18-10-4-1-5-11-18)16-22(24,19-12-6-2-7-13-19)20-14-8-3-9-15-20/h1-15,24H,16-17H2. The number of benzene rings is 3. The number of carbonyl (C=O) groups excluding carboxylic acids is 1. The van der Waals surface area contributed by atoms with Crippen molar-refractivity contribution in [2.75, 3.05) is 0 Å². The molecule has 126 valence electrons. The molecule has 0 unspecified atom stereocenters. The van der Waals surface area contributed by atoms with Crippen LogP contribution in [0.3, 0.4) is 0 Å². The lowest BCUT2D eigenvalue weighted by Gasteiger charge is -2.28. The number of ether oxygens (including phenoxy) is 1. The summed E-state index contributed by atoms with van der Waals surface area (Å²) in [6.07, 6.45) is -0.145. The Morgan fingerprint density at radius 2 is 1.20 bits per heavy atom. The minimum atomic E-state index is -1.42. The third-order valence-corrected chi connectivity index (χ3v) is 4.15. The van der Waals surface area contributed by atoms with E-state index in [1.165, 1.54) is 0 Å². The van der Waals surface area contributed by atoms with Crippen molar-refractivity contribution in [1.29, 1.82) is 0 Å². The summed E-state index contributed by atoms with van der Waals surface area (Å²) < 4.78 is 5.37. The van der Waals surface area contributed by atoms with Gasteiger partial charge in [0.05, 0.1) is 6.42 Å². The molecule has 0 saturated heterocycles. The third kappa shape index (κ3) is 4.14. The van der Waals surface area contributed by atoms with Crippen molar-refractivity contribution in [2.24, 2.45) is 0 Å². The lowest BCUT2D eigenvalue weighted by molar-refractivity contribution is -0.149. The highest BCUT2D eigenvalue weighted by atomic mass is 16.5. The SMILES string of the molecule is O=C(CC(O)(c1ccccc1)c1ccccc1)OCc1ccccc1. The van der Waals surface area contributed by atoms with E-state index in [9.17, 15) is 9.90 Å². The summed E-state index contributed by atoms with van der Waals surface area (Å²) in [6, 6.07) is 27.9. The van der Waals surface area contributed by atoms with Gasteiger partial charge in [0, 0.05) is 0 Å². The maximum atomic E-state index is 12.4. The van der Waals surface area contributed by atoms with Crippen molar-refractivity contribution in [3.8, 4) is 0 Å². The number of hydrogen-bond donors (Lipinski definition) is 1. The van der Waals surface area contributed by atoms with Crippen molar-refractivity contribution in [2.45, 2.75) is 18.6 Å². The van der Waals surface area contributed by atoms with Crippen LogP contribution in [0.5, 0.6) is 0 Å². The Bertz CT molecular complexity index is 759. The summed E-state index contributed by atoms with van der Waals surface area (Å²) in [7, 11) is 0. The Kier molecular flexibility index (Phi) is 5.26. The fourth-order valence-corrected chi connectivity index (χ4v) is 2.80. The second kappa shape index (κ2) is 7.77. The van der Waals surface area contributed by atoms with Gasteiger partial charge in [0.1, 0.15) is 12.2 Å². The second-order valence-electron chi connectivity index (χ2n) is 5.92. The van der Waals surface area contributed by atoms with Gasteiger partial charge in [0.2, 0.25) is 0 Å². The Labute approximate surface area is 147 Å². The molecule has 1 N–H and O–H groups in total. The first-order valence-corrected chi connectivity index (χ1v) is 8.21. The van der Waals surface area contributed by atoms with Crippen LogP contribution in [0, 0.1) is 0 Å². The number of esters is 1. The molecule has 0 aliphatic rings. The minimum absolute atomic E-state index is 0.145. The molecule has 0 fully saturated rings. The Hall–Kier alpha value is -2.91. The van der Waals surface area contributed by atoms with E-state index in [0.717, 1.165) is 5.56 Å². The Balaban J connectivity index is 1.80. The van der Waals surface area contributed by atoms with Crippen LogP contribution in [-0.4, -0.2) is 11.1 Å². The Morgan fingerprint density at radius 1 is 0.760 bits per heavy atom. The third-order valence-electron chi connectivity index (χ3n) is 4.15. The predicted molar refractivity (Wildman–Crippen MR) is 96.7 cm³/mol. The fourth-order valence-electron chi connectivity index (χ4n) is 2.80. The highest BCUT2D eigenvalue weighted by molar-refractivity contribution is 5.72. The summed E-state index contributed by atoms with van der Waals surface area (Å²) in [6.45, 7) is 0.194. The van der Waals surface area contributed by atoms with E-state index in [1.807, 2.05) is 91.0 Å². The molecule has 0 radical (unpaired) electrons. The van der Waals surface area contributed by atoms with Crippen LogP contribution in [0.1, 0.15) is 23.1 Å². The summed E-state index contributed by atoms with van der Waals surface area (Å²) in [5.41, 5.74) is 0.825. The summed E-state index contributed by atoms with van der Waals surface area (Å²) in [5, 5.41) is 11.3. The zero-order valence-electron chi connectivity index (χ0n) is 13.8. The van der Waals surface area contributed by atoms with Crippen LogP contribution in [-0.2, 0) is 21.7 Å². The van der Waals surface area contributed by atoms with Crippen LogP contribution in [0.2, 0.25) is 0 Å². The summed E-state index contributed by atoms with van der Waals surface area (Å²) in [4.78, 5) is 12.4. The molecular weight excluding hydrogens is 312 g/mol. The molecule has 3 heteroatoms. The van der Waals surface area contributed by atoms with Gasteiger partial charge in [0.25, 0.3) is 0 Å². The van der Waals surface area contributed by atoms with Crippen LogP contribution < -0.4 is 0 Å². The molecule has 3 aromatic rings. The lowest BCUT2D eigenvalue weighted by atomic mass is 9.83. The molecule has 0 heterocycles. The second-order valence-corrected chi connectivity index (χ2v) is 5.92. The van der Waals surface area contributed by atoms with E-state index in [0.29, 0.717) is 11.1 Å². The summed E-state index contributed by atoms with van der Waals surface area (Å²) >= 11 is 0. The zero-order valence-corrected chi connectivity index (χ0v) is 13.8. The molecule has 0 aliphatic carbocycles. The smallest absolute Gasteiger partial charge is 0.309 e. The van der Waals surface area contributed by atoms with Crippen LogP contribution in [0.25, 0.3) is 0 Å². The van der Waals surface area contributed by atoms with Crippen molar-refractivity contribution in [3.05, 3.63) is 108 Å². The first-order valence-electron chi connectivity index (χ1n) is 8.21. The fraction of sp³-hybridized carbons (Fsp3) is 0.136. The predicted octanol–water partition coefficient (Wildman–Crippen LogP) is 4.06. The maximum Gasteiger partial charge on any atom is 0.309 e. The molecule has 0 aliphatic heterocycles. The lowest BCUT2D eigenvalue weighted by Crippen LogP contribution is -2.31. The topological polar surface area (TPSA) is 46.5 Å². The van der Waals surface area contributed by atoms with Gasteiger partial charge in [-0.25, -0.2) is 0 Å². The molecule has 0 spiro atoms. The normalized spacial score (nSPS) is 11.1. The van der Waals surface area contributed by atoms with Gasteiger partial charge >= 0.3 is 5.97 Å².